The summed E-state index contributed by atoms with van der Waals surface area (Å²) in [5, 5.41) is 26.3. The third kappa shape index (κ3) is 2.98. The summed E-state index contributed by atoms with van der Waals surface area (Å²) >= 11 is 0. The van der Waals surface area contributed by atoms with Crippen molar-refractivity contribution in [2.75, 3.05) is 6.54 Å². The van der Waals surface area contributed by atoms with Gasteiger partial charge >= 0.3 is 5.97 Å². The Hall–Kier alpha value is -1.50. The molecule has 0 unspecified atom stereocenters. The van der Waals surface area contributed by atoms with Crippen LogP contribution in [0.15, 0.2) is 0 Å². The van der Waals surface area contributed by atoms with E-state index in [1.165, 1.54) is 12.8 Å². The summed E-state index contributed by atoms with van der Waals surface area (Å²) < 4.78 is 0. The van der Waals surface area contributed by atoms with Crippen LogP contribution in [0.2, 0.25) is 0 Å². The van der Waals surface area contributed by atoms with E-state index >= 15 is 0 Å². The molecule has 0 aromatic carbocycles. The minimum absolute atomic E-state index is 0.354. The van der Waals surface area contributed by atoms with Gasteiger partial charge in [-0.1, -0.05) is 11.6 Å². The maximum absolute atomic E-state index is 11.1. The van der Waals surface area contributed by atoms with Crippen molar-refractivity contribution < 1.29 is 9.90 Å². The first-order valence-electron chi connectivity index (χ1n) is 7.41. The molecule has 1 aliphatic heterocycles. The Bertz CT molecular complexity index is 450. The van der Waals surface area contributed by atoms with E-state index in [9.17, 15) is 4.79 Å². The fraction of sp³-hybridized carbons (Fsp3) is 0.846. The quantitative estimate of drug-likeness (QED) is 0.746. The number of aromatic nitrogens is 4. The average molecular weight is 279 g/mol. The molecule has 0 radical (unpaired) electrons. The first-order chi connectivity index (χ1) is 9.72. The van der Waals surface area contributed by atoms with Gasteiger partial charge in [-0.2, -0.15) is 5.21 Å². The van der Waals surface area contributed by atoms with Crippen molar-refractivity contribution in [3.05, 3.63) is 5.82 Å². The molecule has 110 valence electrons. The molecule has 0 bridgehead atoms. The molecule has 1 aromatic heterocycles. The number of tetrazole rings is 1. The predicted octanol–water partition coefficient (Wildman–Crippen LogP) is 0.611. The fourth-order valence-electron chi connectivity index (χ4n) is 3.73. The Morgan fingerprint density at radius 1 is 1.30 bits per heavy atom. The van der Waals surface area contributed by atoms with Crippen LogP contribution in [0.1, 0.15) is 37.9 Å². The van der Waals surface area contributed by atoms with Gasteiger partial charge in [0.1, 0.15) is 6.04 Å². The largest absolute Gasteiger partial charge is 0.480 e. The van der Waals surface area contributed by atoms with Gasteiger partial charge < -0.3 is 10.4 Å². The number of aliphatic carboxylic acids is 1. The Morgan fingerprint density at radius 3 is 2.95 bits per heavy atom. The van der Waals surface area contributed by atoms with Crippen LogP contribution < -0.4 is 5.32 Å². The van der Waals surface area contributed by atoms with Crippen molar-refractivity contribution >= 4 is 5.97 Å². The highest BCUT2D eigenvalue weighted by Gasteiger charge is 2.37. The van der Waals surface area contributed by atoms with E-state index in [1.54, 1.807) is 0 Å². The zero-order chi connectivity index (χ0) is 13.9. The summed E-state index contributed by atoms with van der Waals surface area (Å²) in [6.07, 6.45) is 6.30. The topological polar surface area (TPSA) is 104 Å². The van der Waals surface area contributed by atoms with Gasteiger partial charge in [-0.3, -0.25) is 4.79 Å². The third-order valence-corrected chi connectivity index (χ3v) is 4.88. The van der Waals surface area contributed by atoms with E-state index in [2.05, 4.69) is 25.9 Å². The number of rotatable bonds is 4. The Labute approximate surface area is 117 Å². The molecule has 0 amide bonds. The molecule has 20 heavy (non-hydrogen) atoms. The lowest BCUT2D eigenvalue weighted by atomic mass is 9.69. The lowest BCUT2D eigenvalue weighted by Crippen LogP contribution is -2.49. The number of hydrogen-bond acceptors (Lipinski definition) is 5. The van der Waals surface area contributed by atoms with Gasteiger partial charge in [-0.05, 0) is 50.0 Å². The molecule has 1 aromatic rings. The number of H-pyrrole nitrogens is 1. The number of aromatic amines is 1. The van der Waals surface area contributed by atoms with Crippen molar-refractivity contribution in [1.82, 2.24) is 25.9 Å². The van der Waals surface area contributed by atoms with Crippen molar-refractivity contribution in [3.63, 3.8) is 0 Å². The van der Waals surface area contributed by atoms with Gasteiger partial charge in [-0.15, -0.1) is 10.2 Å². The van der Waals surface area contributed by atoms with Crippen LogP contribution in [-0.2, 0) is 11.2 Å². The second-order valence-electron chi connectivity index (χ2n) is 6.10. The summed E-state index contributed by atoms with van der Waals surface area (Å²) in [6, 6.07) is -0.354. The lowest BCUT2D eigenvalue weighted by Gasteiger charge is -2.41. The third-order valence-electron chi connectivity index (χ3n) is 4.88. The molecule has 2 heterocycles. The van der Waals surface area contributed by atoms with Gasteiger partial charge in [0.25, 0.3) is 0 Å². The molecule has 7 nitrogen and oxygen atoms in total. The first kappa shape index (κ1) is 13.5. The van der Waals surface area contributed by atoms with Crippen LogP contribution in [0, 0.1) is 17.8 Å². The van der Waals surface area contributed by atoms with Crippen LogP contribution in [0.4, 0.5) is 0 Å². The normalized spacial score (nSPS) is 33.6. The number of piperidine rings is 1. The van der Waals surface area contributed by atoms with Gasteiger partial charge in [0, 0.05) is 6.42 Å². The van der Waals surface area contributed by atoms with E-state index < -0.39 is 5.97 Å². The van der Waals surface area contributed by atoms with Crippen LogP contribution in [-0.4, -0.2) is 44.3 Å². The van der Waals surface area contributed by atoms with Crippen LogP contribution in [0.3, 0.4) is 0 Å². The van der Waals surface area contributed by atoms with Crippen molar-refractivity contribution in [2.45, 2.75) is 44.6 Å². The molecule has 0 spiro atoms. The molecule has 1 saturated heterocycles. The van der Waals surface area contributed by atoms with E-state index in [1.807, 2.05) is 0 Å². The van der Waals surface area contributed by atoms with Gasteiger partial charge in [0.2, 0.25) is 0 Å². The molecule has 3 N–H and O–H groups in total. The molecule has 1 aliphatic carbocycles. The molecule has 2 fully saturated rings. The highest BCUT2D eigenvalue weighted by atomic mass is 16.4. The highest BCUT2D eigenvalue weighted by Crippen LogP contribution is 2.40. The maximum Gasteiger partial charge on any atom is 0.320 e. The summed E-state index contributed by atoms with van der Waals surface area (Å²) in [6.45, 7) is 0.860. The van der Waals surface area contributed by atoms with Crippen LogP contribution in [0.5, 0.6) is 0 Å². The highest BCUT2D eigenvalue weighted by molar-refractivity contribution is 5.73. The van der Waals surface area contributed by atoms with Crippen molar-refractivity contribution in [1.29, 1.82) is 0 Å². The summed E-state index contributed by atoms with van der Waals surface area (Å²) in [7, 11) is 0. The number of carbonyl (C=O) groups is 1. The van der Waals surface area contributed by atoms with Gasteiger partial charge in [0.05, 0.1) is 0 Å². The maximum atomic E-state index is 11.1. The summed E-state index contributed by atoms with van der Waals surface area (Å²) in [5.41, 5.74) is 0. The van der Waals surface area contributed by atoms with E-state index in [-0.39, 0.29) is 6.04 Å². The number of nitrogens with zero attached hydrogens (tertiary/aromatic N) is 3. The molecular formula is C13H21N5O2. The number of aryl methyl sites for hydroxylation is 1. The summed E-state index contributed by atoms with van der Waals surface area (Å²) in [4.78, 5) is 11.1. The second kappa shape index (κ2) is 5.87. The van der Waals surface area contributed by atoms with Crippen LogP contribution in [0.25, 0.3) is 0 Å². The standard InChI is InChI=1S/C13H21N5O2/c19-13(20)11-6-10-5-8(1-3-9(10)7-14-11)2-4-12-15-17-18-16-12/h8-11,14H,1-7H2,(H,19,20)(H,15,16,17,18)/t8-,9-,10+,11-/m0/s1. The number of carboxylic acids is 1. The Kier molecular flexibility index (Phi) is 3.95. The molecule has 4 atom stereocenters. The van der Waals surface area contributed by atoms with Gasteiger partial charge in [0.15, 0.2) is 5.82 Å². The number of hydrogen-bond donors (Lipinski definition) is 3. The molecule has 1 saturated carbocycles. The number of carboxylic acid groups (broad SMARTS) is 1. The summed E-state index contributed by atoms with van der Waals surface area (Å²) in [5.74, 6) is 1.95. The smallest absolute Gasteiger partial charge is 0.320 e. The Morgan fingerprint density at radius 2 is 2.20 bits per heavy atom. The second-order valence-corrected chi connectivity index (χ2v) is 6.10. The molecule has 2 aliphatic rings. The van der Waals surface area contributed by atoms with E-state index in [0.717, 1.165) is 38.1 Å². The zero-order valence-corrected chi connectivity index (χ0v) is 11.5. The molecule has 7 heteroatoms. The minimum Gasteiger partial charge on any atom is -0.480 e. The van der Waals surface area contributed by atoms with E-state index in [0.29, 0.717) is 17.8 Å². The van der Waals surface area contributed by atoms with Crippen molar-refractivity contribution in [3.8, 4) is 0 Å². The molecular weight excluding hydrogens is 258 g/mol. The number of fused-ring (bicyclic) bond motifs is 1. The SMILES string of the molecule is O=C(O)[C@@H]1C[C@H]2C[C@H](CCc3nn[nH]n3)CC[C@H]2CN1. The van der Waals surface area contributed by atoms with Gasteiger partial charge in [-0.25, -0.2) is 0 Å². The first-order valence-corrected chi connectivity index (χ1v) is 7.41. The molecule has 3 rings (SSSR count). The number of nitrogens with one attached hydrogen (secondary N) is 2. The van der Waals surface area contributed by atoms with E-state index in [4.69, 9.17) is 5.11 Å². The Balaban J connectivity index is 1.52. The predicted molar refractivity (Wildman–Crippen MR) is 70.9 cm³/mol. The average Bonchev–Trinajstić information content (AvgIpc) is 2.97. The van der Waals surface area contributed by atoms with Crippen LogP contribution >= 0.6 is 0 Å². The monoisotopic (exact) mass is 279 g/mol. The van der Waals surface area contributed by atoms with Crippen molar-refractivity contribution in [2.24, 2.45) is 17.8 Å². The zero-order valence-electron chi connectivity index (χ0n) is 11.5. The lowest BCUT2D eigenvalue weighted by molar-refractivity contribution is -0.141. The fourth-order valence-corrected chi connectivity index (χ4v) is 3.73. The minimum atomic E-state index is -0.711.